The molecule has 1 aromatic rings. The first-order valence-corrected chi connectivity index (χ1v) is 9.24. The number of nitrogens with zero attached hydrogens (tertiary/aromatic N) is 2. The Hall–Kier alpha value is -1.75. The summed E-state index contributed by atoms with van der Waals surface area (Å²) < 4.78 is 5.93. The van der Waals surface area contributed by atoms with Gasteiger partial charge in [-0.3, -0.25) is 4.90 Å². The Labute approximate surface area is 145 Å². The number of likely N-dealkylation sites (tertiary alicyclic amines) is 1. The van der Waals surface area contributed by atoms with Crippen LogP contribution in [0.2, 0.25) is 0 Å². The van der Waals surface area contributed by atoms with Crippen molar-refractivity contribution in [1.82, 2.24) is 10.2 Å². The van der Waals surface area contributed by atoms with Gasteiger partial charge in [-0.15, -0.1) is 0 Å². The quantitative estimate of drug-likeness (QED) is 0.567. The molecule has 0 radical (unpaired) electrons. The Morgan fingerprint density at radius 2 is 2.17 bits per heavy atom. The van der Waals surface area contributed by atoms with Gasteiger partial charge in [0.25, 0.3) is 0 Å². The second-order valence-corrected chi connectivity index (χ2v) is 6.87. The number of nitrogens with two attached hydrogens (primary N) is 1. The highest BCUT2D eigenvalue weighted by Crippen LogP contribution is 2.30. The summed E-state index contributed by atoms with van der Waals surface area (Å²) in [5.41, 5.74) is 7.14. The lowest BCUT2D eigenvalue weighted by atomic mass is 10.2. The van der Waals surface area contributed by atoms with Crippen LogP contribution in [-0.4, -0.2) is 43.1 Å². The molecule has 1 saturated carbocycles. The van der Waals surface area contributed by atoms with E-state index in [4.69, 9.17) is 10.5 Å². The molecule has 132 valence electrons. The monoisotopic (exact) mass is 330 g/mol. The van der Waals surface area contributed by atoms with Gasteiger partial charge in [0.05, 0.1) is 13.2 Å². The molecule has 24 heavy (non-hydrogen) atoms. The summed E-state index contributed by atoms with van der Waals surface area (Å²) in [5, 5.41) is 3.28. The Morgan fingerprint density at radius 3 is 2.96 bits per heavy atom. The predicted octanol–water partition coefficient (Wildman–Crippen LogP) is 2.36. The van der Waals surface area contributed by atoms with Gasteiger partial charge in [-0.2, -0.15) is 0 Å². The van der Waals surface area contributed by atoms with Crippen molar-refractivity contribution in [3.8, 4) is 5.75 Å². The molecule has 5 heteroatoms. The van der Waals surface area contributed by atoms with E-state index in [-0.39, 0.29) is 0 Å². The molecule has 0 aromatic heterocycles. The Balaban J connectivity index is 1.49. The van der Waals surface area contributed by atoms with Crippen LogP contribution in [0.5, 0.6) is 5.75 Å². The molecule has 1 atom stereocenters. The zero-order valence-corrected chi connectivity index (χ0v) is 14.7. The Morgan fingerprint density at radius 1 is 1.33 bits per heavy atom. The Kier molecular flexibility index (Phi) is 5.96. The molecule has 2 aliphatic rings. The summed E-state index contributed by atoms with van der Waals surface area (Å²) >= 11 is 0. The van der Waals surface area contributed by atoms with E-state index in [9.17, 15) is 0 Å². The van der Waals surface area contributed by atoms with Crippen molar-refractivity contribution in [2.24, 2.45) is 16.6 Å². The largest absolute Gasteiger partial charge is 0.493 e. The maximum absolute atomic E-state index is 6.05. The van der Waals surface area contributed by atoms with Gasteiger partial charge in [0.2, 0.25) is 0 Å². The number of rotatable bonds is 8. The lowest BCUT2D eigenvalue weighted by Gasteiger charge is -2.23. The van der Waals surface area contributed by atoms with Crippen molar-refractivity contribution in [3.63, 3.8) is 0 Å². The fourth-order valence-electron chi connectivity index (χ4n) is 3.26. The van der Waals surface area contributed by atoms with Crippen molar-refractivity contribution in [2.45, 2.75) is 45.2 Å². The zero-order valence-electron chi connectivity index (χ0n) is 14.7. The fourth-order valence-corrected chi connectivity index (χ4v) is 3.26. The normalized spacial score (nSPS) is 21.9. The molecule has 1 aliphatic carbocycles. The van der Waals surface area contributed by atoms with E-state index in [1.165, 1.54) is 32.2 Å². The van der Waals surface area contributed by atoms with Crippen LogP contribution in [0, 0.1) is 5.92 Å². The number of para-hydroxylation sites is 1. The van der Waals surface area contributed by atoms with Gasteiger partial charge >= 0.3 is 0 Å². The number of hydrogen-bond acceptors (Lipinski definition) is 3. The topological polar surface area (TPSA) is 62.9 Å². The first-order valence-electron chi connectivity index (χ1n) is 9.24. The second-order valence-electron chi connectivity index (χ2n) is 6.87. The van der Waals surface area contributed by atoms with Gasteiger partial charge in [-0.25, -0.2) is 4.99 Å². The zero-order chi connectivity index (χ0) is 16.8. The number of likely N-dealkylation sites (N-methyl/N-ethyl adjacent to an activating group) is 1. The van der Waals surface area contributed by atoms with Crippen LogP contribution in [0.25, 0.3) is 0 Å². The molecule has 1 heterocycles. The summed E-state index contributed by atoms with van der Waals surface area (Å²) in [7, 11) is 0. The van der Waals surface area contributed by atoms with Crippen LogP contribution >= 0.6 is 0 Å². The van der Waals surface area contributed by atoms with Crippen molar-refractivity contribution < 1.29 is 4.74 Å². The molecular formula is C19H30N4O. The van der Waals surface area contributed by atoms with Crippen LogP contribution in [0.15, 0.2) is 29.3 Å². The first kappa shape index (κ1) is 17.1. The van der Waals surface area contributed by atoms with Crippen molar-refractivity contribution in [2.75, 3.05) is 26.2 Å². The SMILES string of the molecule is CCN1CCCC1CNC(N)=NCc1ccccc1OCC1CC1. The van der Waals surface area contributed by atoms with Gasteiger partial charge in [-0.1, -0.05) is 25.1 Å². The third kappa shape index (κ3) is 4.87. The highest BCUT2D eigenvalue weighted by atomic mass is 16.5. The highest BCUT2D eigenvalue weighted by Gasteiger charge is 2.23. The van der Waals surface area contributed by atoms with E-state index in [0.29, 0.717) is 18.5 Å². The lowest BCUT2D eigenvalue weighted by Crippen LogP contribution is -2.42. The Bertz CT molecular complexity index is 556. The first-order chi connectivity index (χ1) is 11.8. The number of guanidine groups is 1. The van der Waals surface area contributed by atoms with Crippen LogP contribution in [0.4, 0.5) is 0 Å². The van der Waals surface area contributed by atoms with E-state index in [2.05, 4.69) is 28.2 Å². The maximum Gasteiger partial charge on any atom is 0.188 e. The van der Waals surface area contributed by atoms with Crippen molar-refractivity contribution >= 4 is 5.96 Å². The summed E-state index contributed by atoms with van der Waals surface area (Å²) in [6.07, 6.45) is 5.12. The molecule has 1 aromatic carbocycles. The molecule has 0 bridgehead atoms. The van der Waals surface area contributed by atoms with Gasteiger partial charge in [0.1, 0.15) is 5.75 Å². The smallest absolute Gasteiger partial charge is 0.188 e. The van der Waals surface area contributed by atoms with Gasteiger partial charge < -0.3 is 15.8 Å². The molecule has 1 saturated heterocycles. The second kappa shape index (κ2) is 8.38. The average Bonchev–Trinajstić information content (AvgIpc) is 3.33. The summed E-state index contributed by atoms with van der Waals surface area (Å²) in [5.74, 6) is 2.21. The van der Waals surface area contributed by atoms with E-state index in [0.717, 1.165) is 36.9 Å². The molecule has 3 N–H and O–H groups in total. The molecule has 0 amide bonds. The van der Waals surface area contributed by atoms with Crippen LogP contribution in [0.1, 0.15) is 38.2 Å². The summed E-state index contributed by atoms with van der Waals surface area (Å²) in [6, 6.07) is 8.70. The third-order valence-corrected chi connectivity index (χ3v) is 4.99. The number of hydrogen-bond donors (Lipinski definition) is 2. The standard InChI is InChI=1S/C19H30N4O/c1-2-23-11-5-7-17(23)13-22-19(20)21-12-16-6-3-4-8-18(16)24-14-15-9-10-15/h3-4,6,8,15,17H,2,5,7,9-14H2,1H3,(H3,20,21,22). The summed E-state index contributed by atoms with van der Waals surface area (Å²) in [6.45, 7) is 6.78. The fraction of sp³-hybridized carbons (Fsp3) is 0.632. The summed E-state index contributed by atoms with van der Waals surface area (Å²) in [4.78, 5) is 7.00. The molecule has 1 aliphatic heterocycles. The molecule has 0 spiro atoms. The van der Waals surface area contributed by atoms with Crippen molar-refractivity contribution in [3.05, 3.63) is 29.8 Å². The van der Waals surface area contributed by atoms with E-state index < -0.39 is 0 Å². The number of nitrogens with one attached hydrogen (secondary N) is 1. The molecule has 3 rings (SSSR count). The number of ether oxygens (including phenoxy) is 1. The molecule has 1 unspecified atom stereocenters. The molecule has 2 fully saturated rings. The van der Waals surface area contributed by atoms with Crippen LogP contribution in [0.3, 0.4) is 0 Å². The number of benzene rings is 1. The van der Waals surface area contributed by atoms with Crippen LogP contribution in [-0.2, 0) is 6.54 Å². The molecule has 5 nitrogen and oxygen atoms in total. The minimum atomic E-state index is 0.523. The highest BCUT2D eigenvalue weighted by molar-refractivity contribution is 5.77. The van der Waals surface area contributed by atoms with Gasteiger partial charge in [0, 0.05) is 18.2 Å². The predicted molar refractivity (Wildman–Crippen MR) is 98.3 cm³/mol. The third-order valence-electron chi connectivity index (χ3n) is 4.99. The molecular weight excluding hydrogens is 300 g/mol. The number of aliphatic imine (C=N–C) groups is 1. The van der Waals surface area contributed by atoms with E-state index >= 15 is 0 Å². The van der Waals surface area contributed by atoms with Gasteiger partial charge in [0.15, 0.2) is 5.96 Å². The maximum atomic E-state index is 6.05. The van der Waals surface area contributed by atoms with E-state index in [1.807, 2.05) is 18.2 Å². The van der Waals surface area contributed by atoms with Crippen LogP contribution < -0.4 is 15.8 Å². The lowest BCUT2D eigenvalue weighted by molar-refractivity contribution is 0.267. The minimum Gasteiger partial charge on any atom is -0.493 e. The average molecular weight is 330 g/mol. The van der Waals surface area contributed by atoms with Crippen molar-refractivity contribution in [1.29, 1.82) is 0 Å². The minimum absolute atomic E-state index is 0.523. The van der Waals surface area contributed by atoms with E-state index in [1.54, 1.807) is 0 Å². The van der Waals surface area contributed by atoms with Gasteiger partial charge in [-0.05, 0) is 50.8 Å².